The molecular weight excluding hydrogens is 390 g/mol. The summed E-state index contributed by atoms with van der Waals surface area (Å²) in [6.07, 6.45) is 3.62. The number of benzene rings is 1. The molecule has 0 unspecified atom stereocenters. The van der Waals surface area contributed by atoms with Crippen LogP contribution < -0.4 is 0 Å². The van der Waals surface area contributed by atoms with Crippen molar-refractivity contribution < 1.29 is 4.79 Å². The fourth-order valence-electron chi connectivity index (χ4n) is 1.10. The number of rotatable bonds is 4. The Hall–Kier alpha value is 0.350. The van der Waals surface area contributed by atoms with Crippen LogP contribution >= 0.6 is 45.2 Å². The van der Waals surface area contributed by atoms with Gasteiger partial charge in [-0.2, -0.15) is 0 Å². The van der Waals surface area contributed by atoms with Gasteiger partial charge in [0.2, 0.25) is 0 Å². The van der Waals surface area contributed by atoms with Gasteiger partial charge in [-0.1, -0.05) is 6.07 Å². The monoisotopic (exact) mass is 400 g/mol. The number of hydrogen-bond acceptors (Lipinski definition) is 1. The number of hydrogen-bond donors (Lipinski definition) is 0. The van der Waals surface area contributed by atoms with Gasteiger partial charge in [0.05, 0.1) is 0 Å². The molecule has 0 amide bonds. The van der Waals surface area contributed by atoms with E-state index >= 15 is 0 Å². The Bertz CT molecular complexity index is 297. The lowest BCUT2D eigenvalue weighted by Crippen LogP contribution is -1.90. The number of carbonyl (C=O) groups is 1. The van der Waals surface area contributed by atoms with Crippen LogP contribution in [-0.2, 0) is 11.2 Å². The molecule has 3 heteroatoms. The minimum absolute atomic E-state index is 0.669. The predicted octanol–water partition coefficient (Wildman–Crippen LogP) is 3.42. The van der Waals surface area contributed by atoms with Crippen molar-refractivity contribution >= 4 is 51.5 Å². The third kappa shape index (κ3) is 3.93. The molecule has 13 heavy (non-hydrogen) atoms. The van der Waals surface area contributed by atoms with Gasteiger partial charge in [0.15, 0.2) is 0 Å². The second-order valence-corrected chi connectivity index (χ2v) is 5.20. The number of aryl methyl sites for hydroxylation is 1. The van der Waals surface area contributed by atoms with Crippen LogP contribution in [0.15, 0.2) is 18.2 Å². The van der Waals surface area contributed by atoms with Gasteiger partial charge < -0.3 is 4.79 Å². The second kappa shape index (κ2) is 5.95. The van der Waals surface area contributed by atoms with Crippen molar-refractivity contribution in [2.24, 2.45) is 0 Å². The standard InChI is InChI=1S/C10H10I2O/c11-9-5-4-8(10(12)7-9)3-1-2-6-13/h4-7H,1-3H2. The predicted molar refractivity (Wildman–Crippen MR) is 70.9 cm³/mol. The molecule has 0 atom stereocenters. The molecule has 0 N–H and O–H groups in total. The fourth-order valence-corrected chi connectivity index (χ4v) is 2.97. The summed E-state index contributed by atoms with van der Waals surface area (Å²) in [5.74, 6) is 0. The smallest absolute Gasteiger partial charge is 0.120 e. The molecule has 0 aromatic heterocycles. The molecule has 1 aromatic rings. The Balaban J connectivity index is 2.61. The molecule has 0 saturated heterocycles. The van der Waals surface area contributed by atoms with Crippen LogP contribution in [0.2, 0.25) is 0 Å². The number of halogens is 2. The molecule has 1 nitrogen and oxygen atoms in total. The average molecular weight is 400 g/mol. The second-order valence-electron chi connectivity index (χ2n) is 2.79. The third-order valence-corrected chi connectivity index (χ3v) is 3.46. The highest BCUT2D eigenvalue weighted by Gasteiger charge is 1.99. The maximum absolute atomic E-state index is 10.1. The van der Waals surface area contributed by atoms with Crippen molar-refractivity contribution in [3.05, 3.63) is 30.9 Å². The highest BCUT2D eigenvalue weighted by molar-refractivity contribution is 14.1. The number of carbonyl (C=O) groups excluding carboxylic acids is 1. The summed E-state index contributed by atoms with van der Waals surface area (Å²) in [5, 5.41) is 0. The van der Waals surface area contributed by atoms with Crippen molar-refractivity contribution in [1.29, 1.82) is 0 Å². The lowest BCUT2D eigenvalue weighted by molar-refractivity contribution is -0.107. The van der Waals surface area contributed by atoms with Crippen molar-refractivity contribution in [1.82, 2.24) is 0 Å². The zero-order valence-corrected chi connectivity index (χ0v) is 11.4. The largest absolute Gasteiger partial charge is 0.303 e. The average Bonchev–Trinajstić information content (AvgIpc) is 2.09. The maximum atomic E-state index is 10.1. The van der Waals surface area contributed by atoms with E-state index < -0.39 is 0 Å². The first kappa shape index (κ1) is 11.4. The molecule has 0 spiro atoms. The summed E-state index contributed by atoms with van der Waals surface area (Å²) < 4.78 is 2.57. The number of unbranched alkanes of at least 4 members (excludes halogenated alkanes) is 1. The summed E-state index contributed by atoms with van der Waals surface area (Å²) in [7, 11) is 0. The van der Waals surface area contributed by atoms with Crippen LogP contribution in [0.25, 0.3) is 0 Å². The SMILES string of the molecule is O=CCCCc1ccc(I)cc1I. The molecule has 1 aromatic carbocycles. The van der Waals surface area contributed by atoms with E-state index in [9.17, 15) is 4.79 Å². The van der Waals surface area contributed by atoms with Crippen molar-refractivity contribution in [2.75, 3.05) is 0 Å². The first-order valence-corrected chi connectivity index (χ1v) is 6.27. The Morgan fingerprint density at radius 3 is 2.69 bits per heavy atom. The summed E-state index contributed by atoms with van der Waals surface area (Å²) >= 11 is 4.65. The zero-order valence-electron chi connectivity index (χ0n) is 7.09. The Labute approximate surface area is 106 Å². The molecule has 0 aliphatic heterocycles. The first-order chi connectivity index (χ1) is 6.24. The van der Waals surface area contributed by atoms with Crippen LogP contribution in [0.4, 0.5) is 0 Å². The first-order valence-electron chi connectivity index (χ1n) is 4.11. The maximum Gasteiger partial charge on any atom is 0.120 e. The molecule has 0 bridgehead atoms. The van der Waals surface area contributed by atoms with E-state index in [0.717, 1.165) is 19.1 Å². The van der Waals surface area contributed by atoms with Crippen molar-refractivity contribution in [2.45, 2.75) is 19.3 Å². The van der Waals surface area contributed by atoms with E-state index in [4.69, 9.17) is 0 Å². The van der Waals surface area contributed by atoms with Gasteiger partial charge in [-0.05, 0) is 75.7 Å². The van der Waals surface area contributed by atoms with Gasteiger partial charge >= 0.3 is 0 Å². The minimum Gasteiger partial charge on any atom is -0.303 e. The van der Waals surface area contributed by atoms with Crippen LogP contribution in [0.3, 0.4) is 0 Å². The lowest BCUT2D eigenvalue weighted by Gasteiger charge is -2.03. The molecule has 0 saturated carbocycles. The molecule has 0 aliphatic rings. The van der Waals surface area contributed by atoms with E-state index in [1.165, 1.54) is 12.7 Å². The highest BCUT2D eigenvalue weighted by Crippen LogP contribution is 2.17. The van der Waals surface area contributed by atoms with E-state index in [2.05, 4.69) is 63.4 Å². The summed E-state index contributed by atoms with van der Waals surface area (Å²) in [5.41, 5.74) is 1.35. The van der Waals surface area contributed by atoms with E-state index in [-0.39, 0.29) is 0 Å². The van der Waals surface area contributed by atoms with Crippen molar-refractivity contribution in [3.63, 3.8) is 0 Å². The summed E-state index contributed by atoms with van der Waals surface area (Å²) in [6.45, 7) is 0. The zero-order chi connectivity index (χ0) is 9.68. The molecule has 0 radical (unpaired) electrons. The van der Waals surface area contributed by atoms with Crippen molar-refractivity contribution in [3.8, 4) is 0 Å². The van der Waals surface area contributed by atoms with Gasteiger partial charge in [-0.15, -0.1) is 0 Å². The number of aldehydes is 1. The molecule has 0 fully saturated rings. The quantitative estimate of drug-likeness (QED) is 0.430. The lowest BCUT2D eigenvalue weighted by atomic mass is 10.1. The van der Waals surface area contributed by atoms with Crippen LogP contribution in [0.5, 0.6) is 0 Å². The molecular formula is C10H10I2O. The Morgan fingerprint density at radius 1 is 1.31 bits per heavy atom. The third-order valence-electron chi connectivity index (χ3n) is 1.78. The van der Waals surface area contributed by atoms with Crippen LogP contribution in [-0.4, -0.2) is 6.29 Å². The normalized spacial score (nSPS) is 10.0. The molecule has 0 heterocycles. The van der Waals surface area contributed by atoms with E-state index in [1.807, 2.05) is 0 Å². The van der Waals surface area contributed by atoms with Gasteiger partial charge in [0.1, 0.15) is 6.29 Å². The highest BCUT2D eigenvalue weighted by atomic mass is 127. The molecule has 1 rings (SSSR count). The topological polar surface area (TPSA) is 17.1 Å². The van der Waals surface area contributed by atoms with Gasteiger partial charge in [-0.3, -0.25) is 0 Å². The van der Waals surface area contributed by atoms with Crippen LogP contribution in [0, 0.1) is 7.14 Å². The Morgan fingerprint density at radius 2 is 2.08 bits per heavy atom. The van der Waals surface area contributed by atoms with E-state index in [0.29, 0.717) is 6.42 Å². The summed E-state index contributed by atoms with van der Waals surface area (Å²) in [6, 6.07) is 6.42. The summed E-state index contributed by atoms with van der Waals surface area (Å²) in [4.78, 5) is 10.1. The van der Waals surface area contributed by atoms with Gasteiger partial charge in [0, 0.05) is 13.6 Å². The fraction of sp³-hybridized carbons (Fsp3) is 0.300. The molecule has 0 aliphatic carbocycles. The van der Waals surface area contributed by atoms with Crippen LogP contribution in [0.1, 0.15) is 18.4 Å². The minimum atomic E-state index is 0.669. The van der Waals surface area contributed by atoms with Gasteiger partial charge in [0.25, 0.3) is 0 Å². The van der Waals surface area contributed by atoms with Gasteiger partial charge in [-0.25, -0.2) is 0 Å². The molecule has 70 valence electrons. The van der Waals surface area contributed by atoms with E-state index in [1.54, 1.807) is 0 Å². The Kier molecular flexibility index (Phi) is 5.23.